The van der Waals surface area contributed by atoms with Crippen LogP contribution in [0.2, 0.25) is 0 Å². The number of rotatable bonds is 4. The summed E-state index contributed by atoms with van der Waals surface area (Å²) >= 11 is 0. The molecule has 0 spiro atoms. The van der Waals surface area contributed by atoms with E-state index < -0.39 is 0 Å². The normalized spacial score (nSPS) is 12.4. The van der Waals surface area contributed by atoms with Gasteiger partial charge in [0.15, 0.2) is 0 Å². The predicted octanol–water partition coefficient (Wildman–Crippen LogP) is 4.95. The minimum absolute atomic E-state index is 0.372. The topological polar surface area (TPSA) is 12.0 Å². The van der Waals surface area contributed by atoms with Gasteiger partial charge < -0.3 is 5.32 Å². The van der Waals surface area contributed by atoms with Crippen molar-refractivity contribution in [1.29, 1.82) is 0 Å². The molecule has 0 aliphatic rings. The molecular weight excluding hydrogens is 242 g/mol. The van der Waals surface area contributed by atoms with E-state index in [9.17, 15) is 0 Å². The van der Waals surface area contributed by atoms with Gasteiger partial charge in [0, 0.05) is 6.04 Å². The first kappa shape index (κ1) is 14.8. The summed E-state index contributed by atoms with van der Waals surface area (Å²) in [6.45, 7) is 11.9. The summed E-state index contributed by atoms with van der Waals surface area (Å²) in [6.07, 6.45) is 0. The van der Waals surface area contributed by atoms with Crippen LogP contribution in [0.4, 0.5) is 0 Å². The molecule has 1 nitrogen and oxygen atoms in total. The molecule has 2 aromatic carbocycles. The van der Waals surface area contributed by atoms with Crippen LogP contribution < -0.4 is 5.32 Å². The molecule has 1 N–H and O–H groups in total. The molecule has 2 aromatic rings. The van der Waals surface area contributed by atoms with E-state index in [1.54, 1.807) is 0 Å². The second-order valence-electron chi connectivity index (χ2n) is 5.62. The van der Waals surface area contributed by atoms with Gasteiger partial charge in [0.25, 0.3) is 0 Å². The van der Waals surface area contributed by atoms with Crippen LogP contribution in [0, 0.1) is 20.8 Å². The Balaban J connectivity index is 2.56. The van der Waals surface area contributed by atoms with Gasteiger partial charge in [-0.25, -0.2) is 0 Å². The highest BCUT2D eigenvalue weighted by molar-refractivity contribution is 5.72. The first-order chi connectivity index (χ1) is 9.54. The Morgan fingerprint density at radius 3 is 2.25 bits per heavy atom. The van der Waals surface area contributed by atoms with Crippen molar-refractivity contribution in [2.24, 2.45) is 0 Å². The van der Waals surface area contributed by atoms with E-state index in [1.807, 2.05) is 0 Å². The summed E-state index contributed by atoms with van der Waals surface area (Å²) in [5.41, 5.74) is 8.15. The van der Waals surface area contributed by atoms with Crippen molar-refractivity contribution in [2.45, 2.75) is 40.7 Å². The van der Waals surface area contributed by atoms with Crippen molar-refractivity contribution in [1.82, 2.24) is 5.32 Å². The van der Waals surface area contributed by atoms with Crippen LogP contribution in [0.3, 0.4) is 0 Å². The van der Waals surface area contributed by atoms with Crippen LogP contribution in [-0.2, 0) is 0 Å². The first-order valence-electron chi connectivity index (χ1n) is 7.45. The van der Waals surface area contributed by atoms with Gasteiger partial charge in [0.2, 0.25) is 0 Å². The molecule has 2 rings (SSSR count). The predicted molar refractivity (Wildman–Crippen MR) is 88.2 cm³/mol. The van der Waals surface area contributed by atoms with Crippen LogP contribution >= 0.6 is 0 Å². The van der Waals surface area contributed by atoms with Crippen LogP contribution in [0.5, 0.6) is 0 Å². The molecular formula is C19H25N. The lowest BCUT2D eigenvalue weighted by atomic mass is 9.90. The monoisotopic (exact) mass is 267 g/mol. The van der Waals surface area contributed by atoms with Crippen molar-refractivity contribution in [3.8, 4) is 11.1 Å². The van der Waals surface area contributed by atoms with Gasteiger partial charge in [0.05, 0.1) is 0 Å². The molecule has 0 aliphatic heterocycles. The standard InChI is InChI=1S/C19H25N/c1-6-20-16(5)17-9-7-8-10-18(17)19-12-14(3)13(2)11-15(19)4/h7-12,16,20H,6H2,1-5H3. The van der Waals surface area contributed by atoms with Gasteiger partial charge in [0.1, 0.15) is 0 Å². The maximum absolute atomic E-state index is 3.52. The zero-order valence-corrected chi connectivity index (χ0v) is 13.2. The Morgan fingerprint density at radius 2 is 1.55 bits per heavy atom. The van der Waals surface area contributed by atoms with Gasteiger partial charge in [-0.15, -0.1) is 0 Å². The lowest BCUT2D eigenvalue weighted by Crippen LogP contribution is -2.18. The van der Waals surface area contributed by atoms with E-state index in [4.69, 9.17) is 0 Å². The Morgan fingerprint density at radius 1 is 0.900 bits per heavy atom. The van der Waals surface area contributed by atoms with Crippen LogP contribution in [-0.4, -0.2) is 6.54 Å². The Hall–Kier alpha value is -1.60. The van der Waals surface area contributed by atoms with Gasteiger partial charge in [-0.1, -0.05) is 43.3 Å². The fourth-order valence-corrected chi connectivity index (χ4v) is 2.79. The Labute approximate surface area is 123 Å². The fraction of sp³-hybridized carbons (Fsp3) is 0.368. The molecule has 0 radical (unpaired) electrons. The number of nitrogens with one attached hydrogen (secondary N) is 1. The highest BCUT2D eigenvalue weighted by Gasteiger charge is 2.12. The minimum atomic E-state index is 0.372. The Bertz CT molecular complexity index is 599. The smallest absolute Gasteiger partial charge is 0.0297 e. The highest BCUT2D eigenvalue weighted by atomic mass is 14.9. The first-order valence-corrected chi connectivity index (χ1v) is 7.45. The minimum Gasteiger partial charge on any atom is -0.310 e. The summed E-state index contributed by atoms with van der Waals surface area (Å²) in [5, 5.41) is 3.52. The third kappa shape index (κ3) is 2.94. The van der Waals surface area contributed by atoms with E-state index >= 15 is 0 Å². The molecule has 0 aliphatic carbocycles. The molecule has 106 valence electrons. The fourth-order valence-electron chi connectivity index (χ4n) is 2.79. The van der Waals surface area contributed by atoms with Crippen LogP contribution in [0.25, 0.3) is 11.1 Å². The van der Waals surface area contributed by atoms with Gasteiger partial charge >= 0.3 is 0 Å². The molecule has 20 heavy (non-hydrogen) atoms. The second kappa shape index (κ2) is 6.23. The van der Waals surface area contributed by atoms with E-state index in [1.165, 1.54) is 33.4 Å². The van der Waals surface area contributed by atoms with Crippen molar-refractivity contribution in [2.75, 3.05) is 6.54 Å². The number of hydrogen-bond donors (Lipinski definition) is 1. The second-order valence-corrected chi connectivity index (χ2v) is 5.62. The van der Waals surface area contributed by atoms with E-state index in [2.05, 4.69) is 76.3 Å². The molecule has 0 saturated carbocycles. The average molecular weight is 267 g/mol. The summed E-state index contributed by atoms with van der Waals surface area (Å²) in [7, 11) is 0. The zero-order valence-electron chi connectivity index (χ0n) is 13.2. The maximum atomic E-state index is 3.52. The lowest BCUT2D eigenvalue weighted by molar-refractivity contribution is 0.599. The van der Waals surface area contributed by atoms with Crippen molar-refractivity contribution < 1.29 is 0 Å². The SMILES string of the molecule is CCNC(C)c1ccccc1-c1cc(C)c(C)cc1C. The van der Waals surface area contributed by atoms with E-state index in [0.717, 1.165) is 6.54 Å². The largest absolute Gasteiger partial charge is 0.310 e. The van der Waals surface area contributed by atoms with Gasteiger partial charge in [-0.3, -0.25) is 0 Å². The van der Waals surface area contributed by atoms with Gasteiger partial charge in [-0.2, -0.15) is 0 Å². The molecule has 0 fully saturated rings. The quantitative estimate of drug-likeness (QED) is 0.826. The number of aryl methyl sites for hydroxylation is 3. The summed E-state index contributed by atoms with van der Waals surface area (Å²) in [6, 6.07) is 13.7. The highest BCUT2D eigenvalue weighted by Crippen LogP contribution is 2.32. The lowest BCUT2D eigenvalue weighted by Gasteiger charge is -2.19. The van der Waals surface area contributed by atoms with E-state index in [0.29, 0.717) is 6.04 Å². The molecule has 0 heterocycles. The van der Waals surface area contributed by atoms with Crippen molar-refractivity contribution >= 4 is 0 Å². The van der Waals surface area contributed by atoms with Crippen LogP contribution in [0.1, 0.15) is 42.1 Å². The van der Waals surface area contributed by atoms with Crippen molar-refractivity contribution in [3.05, 3.63) is 58.7 Å². The third-order valence-electron chi connectivity index (χ3n) is 4.07. The Kier molecular flexibility index (Phi) is 4.61. The molecule has 1 atom stereocenters. The summed E-state index contributed by atoms with van der Waals surface area (Å²) in [4.78, 5) is 0. The molecule has 0 saturated heterocycles. The average Bonchev–Trinajstić information content (AvgIpc) is 2.43. The molecule has 1 heteroatoms. The zero-order chi connectivity index (χ0) is 14.7. The molecule has 0 bridgehead atoms. The molecule has 0 amide bonds. The maximum Gasteiger partial charge on any atom is 0.0297 e. The summed E-state index contributed by atoms with van der Waals surface area (Å²) < 4.78 is 0. The molecule has 1 unspecified atom stereocenters. The van der Waals surface area contributed by atoms with Gasteiger partial charge in [-0.05, 0) is 67.6 Å². The number of benzene rings is 2. The van der Waals surface area contributed by atoms with Crippen molar-refractivity contribution in [3.63, 3.8) is 0 Å². The summed E-state index contributed by atoms with van der Waals surface area (Å²) in [5.74, 6) is 0. The molecule has 0 aromatic heterocycles. The van der Waals surface area contributed by atoms with E-state index in [-0.39, 0.29) is 0 Å². The number of hydrogen-bond acceptors (Lipinski definition) is 1. The van der Waals surface area contributed by atoms with Crippen LogP contribution in [0.15, 0.2) is 36.4 Å². The third-order valence-corrected chi connectivity index (χ3v) is 4.07.